The molecule has 2 saturated carbocycles. The number of nitrogens with zero attached hydrogens (tertiary/aromatic N) is 5. The van der Waals surface area contributed by atoms with Crippen LogP contribution in [0.2, 0.25) is 0 Å². The first-order chi connectivity index (χ1) is 17.6. The van der Waals surface area contributed by atoms with Gasteiger partial charge in [0.15, 0.2) is 6.23 Å². The van der Waals surface area contributed by atoms with E-state index in [0.717, 1.165) is 80.3 Å². The van der Waals surface area contributed by atoms with E-state index in [9.17, 15) is 10.2 Å². The van der Waals surface area contributed by atoms with Crippen LogP contribution in [-0.4, -0.2) is 76.0 Å². The predicted octanol–water partition coefficient (Wildman–Crippen LogP) is 3.36. The summed E-state index contributed by atoms with van der Waals surface area (Å²) < 4.78 is 0. The van der Waals surface area contributed by atoms with Crippen molar-refractivity contribution in [2.45, 2.75) is 75.8 Å². The number of rotatable bonds is 5. The lowest BCUT2D eigenvalue weighted by atomic mass is 9.88. The van der Waals surface area contributed by atoms with Crippen LogP contribution in [0.25, 0.3) is 11.1 Å². The highest BCUT2D eigenvalue weighted by molar-refractivity contribution is 5.83. The summed E-state index contributed by atoms with van der Waals surface area (Å²) in [6.07, 6.45) is 9.31. The molecule has 2 atom stereocenters. The monoisotopic (exact) mass is 490 g/mol. The van der Waals surface area contributed by atoms with Gasteiger partial charge in [-0.3, -0.25) is 4.90 Å². The van der Waals surface area contributed by atoms with E-state index >= 15 is 0 Å². The van der Waals surface area contributed by atoms with E-state index in [2.05, 4.69) is 43.2 Å². The SMILES string of the molecule is OC1CCC(N2c3nc(NCC4CC4)ncc3-c3ccc(N4CCN5CCC[C@@H]5C4)cc3C2O)CC1. The van der Waals surface area contributed by atoms with Crippen molar-refractivity contribution < 1.29 is 10.2 Å². The van der Waals surface area contributed by atoms with Gasteiger partial charge in [-0.25, -0.2) is 4.98 Å². The molecule has 3 aliphatic heterocycles. The quantitative estimate of drug-likeness (QED) is 0.588. The van der Waals surface area contributed by atoms with Crippen LogP contribution in [0.4, 0.5) is 17.5 Å². The molecule has 2 aromatic rings. The Morgan fingerprint density at radius 2 is 1.78 bits per heavy atom. The number of benzene rings is 1. The van der Waals surface area contributed by atoms with Crippen LogP contribution in [0, 0.1) is 5.92 Å². The van der Waals surface area contributed by atoms with Gasteiger partial charge < -0.3 is 25.3 Å². The van der Waals surface area contributed by atoms with Crippen LogP contribution in [0.5, 0.6) is 0 Å². The van der Waals surface area contributed by atoms with E-state index in [1.165, 1.54) is 37.9 Å². The van der Waals surface area contributed by atoms with Crippen LogP contribution in [-0.2, 0) is 0 Å². The third-order valence-corrected chi connectivity index (χ3v) is 9.14. The van der Waals surface area contributed by atoms with Gasteiger partial charge in [0.05, 0.1) is 6.10 Å². The van der Waals surface area contributed by atoms with E-state index in [1.807, 2.05) is 6.20 Å². The maximum absolute atomic E-state index is 11.8. The molecule has 0 amide bonds. The third kappa shape index (κ3) is 4.13. The minimum absolute atomic E-state index is 0.146. The topological polar surface area (TPSA) is 88.0 Å². The van der Waals surface area contributed by atoms with Crippen LogP contribution < -0.4 is 15.1 Å². The smallest absolute Gasteiger partial charge is 0.224 e. The lowest BCUT2D eigenvalue weighted by Gasteiger charge is -2.44. The Morgan fingerprint density at radius 1 is 0.917 bits per heavy atom. The van der Waals surface area contributed by atoms with Crippen LogP contribution in [0.3, 0.4) is 0 Å². The van der Waals surface area contributed by atoms with Crippen molar-refractivity contribution >= 4 is 17.5 Å². The molecule has 4 heterocycles. The summed E-state index contributed by atoms with van der Waals surface area (Å²) in [6, 6.07) is 7.38. The van der Waals surface area contributed by atoms with E-state index in [4.69, 9.17) is 4.98 Å². The standard InChI is InChI=1S/C28H38N6O2/c35-22-8-5-19(6-9-22)34-26-25(16-30-28(31-26)29-15-18-3-4-18)23-10-7-20(14-24(23)27(34)36)33-13-12-32-11-1-2-21(32)17-33/h7,10,14,16,18-19,21-22,27,35-36H,1-6,8-9,11-13,15,17H2,(H,29,30,31)/t19?,21-,22?,27?/m1/s1. The lowest BCUT2D eigenvalue weighted by Crippen LogP contribution is -2.50. The van der Waals surface area contributed by atoms with Crippen LogP contribution in [0.15, 0.2) is 24.4 Å². The van der Waals surface area contributed by atoms with Crippen molar-refractivity contribution in [3.05, 3.63) is 30.0 Å². The Kier molecular flexibility index (Phi) is 5.78. The first-order valence-corrected chi connectivity index (χ1v) is 14.0. The summed E-state index contributed by atoms with van der Waals surface area (Å²) in [7, 11) is 0. The van der Waals surface area contributed by atoms with Crippen molar-refractivity contribution in [2.75, 3.05) is 47.8 Å². The fourth-order valence-corrected chi connectivity index (χ4v) is 6.81. The van der Waals surface area contributed by atoms with E-state index < -0.39 is 6.23 Å². The van der Waals surface area contributed by atoms with Crippen molar-refractivity contribution in [3.8, 4) is 11.1 Å². The molecule has 192 valence electrons. The van der Waals surface area contributed by atoms with Gasteiger partial charge in [0.25, 0.3) is 0 Å². The number of piperazine rings is 1. The Hall–Kier alpha value is -2.42. The minimum Gasteiger partial charge on any atom is -0.393 e. The largest absolute Gasteiger partial charge is 0.393 e. The normalized spacial score (nSPS) is 30.1. The molecule has 36 heavy (non-hydrogen) atoms. The first-order valence-electron chi connectivity index (χ1n) is 14.0. The molecule has 2 saturated heterocycles. The van der Waals surface area contributed by atoms with E-state index in [0.29, 0.717) is 12.0 Å². The van der Waals surface area contributed by atoms with Crippen molar-refractivity contribution in [1.29, 1.82) is 0 Å². The molecule has 1 unspecified atom stereocenters. The third-order valence-electron chi connectivity index (χ3n) is 9.14. The molecule has 7 rings (SSSR count). The maximum atomic E-state index is 11.8. The predicted molar refractivity (Wildman–Crippen MR) is 141 cm³/mol. The van der Waals surface area contributed by atoms with Gasteiger partial charge in [-0.1, -0.05) is 6.07 Å². The van der Waals surface area contributed by atoms with Gasteiger partial charge >= 0.3 is 0 Å². The molecule has 0 bridgehead atoms. The Morgan fingerprint density at radius 3 is 2.61 bits per heavy atom. The van der Waals surface area contributed by atoms with Gasteiger partial charge in [0.1, 0.15) is 5.82 Å². The van der Waals surface area contributed by atoms with Crippen molar-refractivity contribution in [3.63, 3.8) is 0 Å². The fraction of sp³-hybridized carbons (Fsp3) is 0.643. The number of anilines is 3. The number of hydrogen-bond donors (Lipinski definition) is 3. The molecular formula is C28H38N6O2. The van der Waals surface area contributed by atoms with Crippen LogP contribution in [0.1, 0.15) is 63.2 Å². The van der Waals surface area contributed by atoms with Gasteiger partial charge in [-0.15, -0.1) is 0 Å². The summed E-state index contributed by atoms with van der Waals surface area (Å²) in [4.78, 5) is 16.9. The van der Waals surface area contributed by atoms with Gasteiger partial charge in [-0.05, 0) is 81.5 Å². The number of fused-ring (bicyclic) bond motifs is 4. The minimum atomic E-state index is -0.758. The molecule has 1 aromatic heterocycles. The number of hydrogen-bond acceptors (Lipinski definition) is 8. The fourth-order valence-electron chi connectivity index (χ4n) is 6.81. The molecule has 4 fully saturated rings. The molecule has 8 nitrogen and oxygen atoms in total. The highest BCUT2D eigenvalue weighted by Crippen LogP contribution is 2.47. The lowest BCUT2D eigenvalue weighted by molar-refractivity contribution is 0.101. The second kappa shape index (κ2) is 9.15. The summed E-state index contributed by atoms with van der Waals surface area (Å²) in [5.74, 6) is 2.19. The molecule has 0 spiro atoms. The van der Waals surface area contributed by atoms with Gasteiger partial charge in [0, 0.05) is 61.3 Å². The second-order valence-corrected chi connectivity index (χ2v) is 11.5. The zero-order valence-electron chi connectivity index (χ0n) is 21.0. The molecule has 1 aromatic carbocycles. The molecular weight excluding hydrogens is 452 g/mol. The second-order valence-electron chi connectivity index (χ2n) is 11.5. The Labute approximate surface area is 213 Å². The molecule has 3 N–H and O–H groups in total. The maximum Gasteiger partial charge on any atom is 0.224 e. The first kappa shape index (κ1) is 22.8. The zero-order chi connectivity index (χ0) is 24.2. The Bertz CT molecular complexity index is 1120. The average molecular weight is 491 g/mol. The molecule has 8 heteroatoms. The number of aromatic nitrogens is 2. The number of aliphatic hydroxyl groups excluding tert-OH is 2. The summed E-state index contributed by atoms with van der Waals surface area (Å²) >= 11 is 0. The van der Waals surface area contributed by atoms with E-state index in [1.54, 1.807) is 0 Å². The summed E-state index contributed by atoms with van der Waals surface area (Å²) in [5.41, 5.74) is 4.17. The number of nitrogens with one attached hydrogen (secondary N) is 1. The Balaban J connectivity index is 1.23. The van der Waals surface area contributed by atoms with Crippen LogP contribution >= 0.6 is 0 Å². The van der Waals surface area contributed by atoms with Gasteiger partial charge in [-0.2, -0.15) is 4.98 Å². The van der Waals surface area contributed by atoms with Crippen molar-refractivity contribution in [1.82, 2.24) is 14.9 Å². The number of aliphatic hydroxyl groups is 2. The zero-order valence-corrected chi connectivity index (χ0v) is 21.0. The highest BCUT2D eigenvalue weighted by Gasteiger charge is 2.38. The summed E-state index contributed by atoms with van der Waals surface area (Å²) in [6.45, 7) is 5.36. The molecule has 5 aliphatic rings. The summed E-state index contributed by atoms with van der Waals surface area (Å²) in [5, 5.41) is 25.4. The highest BCUT2D eigenvalue weighted by atomic mass is 16.3. The molecule has 2 aliphatic carbocycles. The average Bonchev–Trinajstić information content (AvgIpc) is 3.62. The van der Waals surface area contributed by atoms with E-state index in [-0.39, 0.29) is 12.1 Å². The van der Waals surface area contributed by atoms with Gasteiger partial charge in [0.2, 0.25) is 5.95 Å². The van der Waals surface area contributed by atoms with Crippen molar-refractivity contribution in [2.24, 2.45) is 5.92 Å². The molecule has 0 radical (unpaired) electrons.